The standard InChI is InChI=1S/C18H19N5O3S/c1-12-4-6-13(7-5-12)19-17(24)11-27-18-20-21-22-23(18)14-8-9-15(25-2)16(10-14)26-3/h4-10H,11H2,1-3H3,(H,19,24). The van der Waals surface area contributed by atoms with Crippen LogP contribution in [0.4, 0.5) is 5.69 Å². The Labute approximate surface area is 160 Å². The van der Waals surface area contributed by atoms with Gasteiger partial charge in [0.2, 0.25) is 11.1 Å². The van der Waals surface area contributed by atoms with Crippen LogP contribution in [-0.4, -0.2) is 46.1 Å². The fraction of sp³-hybridized carbons (Fsp3) is 0.222. The number of thioether (sulfide) groups is 1. The molecule has 3 rings (SSSR count). The van der Waals surface area contributed by atoms with Gasteiger partial charge in [-0.3, -0.25) is 4.79 Å². The van der Waals surface area contributed by atoms with Gasteiger partial charge in [0.05, 0.1) is 25.7 Å². The summed E-state index contributed by atoms with van der Waals surface area (Å²) >= 11 is 1.25. The summed E-state index contributed by atoms with van der Waals surface area (Å²) in [4.78, 5) is 12.2. The van der Waals surface area contributed by atoms with E-state index >= 15 is 0 Å². The van der Waals surface area contributed by atoms with Crippen LogP contribution in [-0.2, 0) is 4.79 Å². The number of nitrogens with zero attached hydrogens (tertiary/aromatic N) is 4. The summed E-state index contributed by atoms with van der Waals surface area (Å²) in [6.07, 6.45) is 0. The highest BCUT2D eigenvalue weighted by Crippen LogP contribution is 2.30. The van der Waals surface area contributed by atoms with Crippen molar-refractivity contribution in [3.63, 3.8) is 0 Å². The molecule has 1 aromatic heterocycles. The predicted octanol–water partition coefficient (Wildman–Crippen LogP) is 2.72. The predicted molar refractivity (Wildman–Crippen MR) is 103 cm³/mol. The van der Waals surface area contributed by atoms with Crippen molar-refractivity contribution in [1.82, 2.24) is 20.2 Å². The van der Waals surface area contributed by atoms with Gasteiger partial charge in [0, 0.05) is 11.8 Å². The first-order valence-electron chi connectivity index (χ1n) is 8.11. The fourth-order valence-electron chi connectivity index (χ4n) is 2.35. The van der Waals surface area contributed by atoms with Gasteiger partial charge in [-0.25, -0.2) is 0 Å². The summed E-state index contributed by atoms with van der Waals surface area (Å²) in [5, 5.41) is 15.0. The number of tetrazole rings is 1. The Morgan fingerprint density at radius 2 is 1.85 bits per heavy atom. The lowest BCUT2D eigenvalue weighted by atomic mass is 10.2. The van der Waals surface area contributed by atoms with Crippen LogP contribution in [0, 0.1) is 6.92 Å². The zero-order valence-electron chi connectivity index (χ0n) is 15.2. The quantitative estimate of drug-likeness (QED) is 0.625. The second-order valence-corrected chi connectivity index (χ2v) is 6.56. The summed E-state index contributed by atoms with van der Waals surface area (Å²) in [7, 11) is 3.13. The molecule has 1 N–H and O–H groups in total. The monoisotopic (exact) mass is 385 g/mol. The number of nitrogens with one attached hydrogen (secondary N) is 1. The van der Waals surface area contributed by atoms with E-state index in [2.05, 4.69) is 20.8 Å². The number of aromatic nitrogens is 4. The Balaban J connectivity index is 1.68. The van der Waals surface area contributed by atoms with Crippen LogP contribution >= 0.6 is 11.8 Å². The molecular weight excluding hydrogens is 366 g/mol. The maximum absolute atomic E-state index is 12.2. The highest BCUT2D eigenvalue weighted by Gasteiger charge is 2.14. The molecule has 0 fully saturated rings. The molecule has 1 heterocycles. The normalized spacial score (nSPS) is 10.5. The first kappa shape index (κ1) is 18.7. The molecule has 8 nitrogen and oxygen atoms in total. The molecule has 0 saturated carbocycles. The van der Waals surface area contributed by atoms with Crippen molar-refractivity contribution in [2.75, 3.05) is 25.3 Å². The first-order valence-corrected chi connectivity index (χ1v) is 9.09. The molecule has 0 unspecified atom stereocenters. The van der Waals surface area contributed by atoms with E-state index in [-0.39, 0.29) is 11.7 Å². The summed E-state index contributed by atoms with van der Waals surface area (Å²) < 4.78 is 12.1. The number of amides is 1. The van der Waals surface area contributed by atoms with Crippen LogP contribution in [0.15, 0.2) is 47.6 Å². The van der Waals surface area contributed by atoms with Crippen molar-refractivity contribution in [3.8, 4) is 17.2 Å². The SMILES string of the molecule is COc1ccc(-n2nnnc2SCC(=O)Nc2ccc(C)cc2)cc1OC. The van der Waals surface area contributed by atoms with Crippen molar-refractivity contribution in [2.24, 2.45) is 0 Å². The minimum atomic E-state index is -0.134. The lowest BCUT2D eigenvalue weighted by Gasteiger charge is -2.10. The minimum Gasteiger partial charge on any atom is -0.493 e. The molecule has 1 amide bonds. The maximum Gasteiger partial charge on any atom is 0.234 e. The Bertz CT molecular complexity index is 927. The van der Waals surface area contributed by atoms with E-state index in [4.69, 9.17) is 9.47 Å². The largest absolute Gasteiger partial charge is 0.493 e. The molecule has 2 aromatic carbocycles. The number of anilines is 1. The third-order valence-corrected chi connectivity index (χ3v) is 4.64. The van der Waals surface area contributed by atoms with Crippen molar-refractivity contribution < 1.29 is 14.3 Å². The number of carbonyl (C=O) groups is 1. The summed E-state index contributed by atoms with van der Waals surface area (Å²) in [5.41, 5.74) is 2.60. The Hall–Kier alpha value is -3.07. The Morgan fingerprint density at radius 1 is 1.11 bits per heavy atom. The second-order valence-electron chi connectivity index (χ2n) is 5.62. The smallest absolute Gasteiger partial charge is 0.234 e. The summed E-state index contributed by atoms with van der Waals surface area (Å²) in [5.74, 6) is 1.23. The van der Waals surface area contributed by atoms with Crippen LogP contribution < -0.4 is 14.8 Å². The molecule has 0 bridgehead atoms. The van der Waals surface area contributed by atoms with Crippen molar-refractivity contribution in [3.05, 3.63) is 48.0 Å². The van der Waals surface area contributed by atoms with Crippen molar-refractivity contribution >= 4 is 23.4 Å². The zero-order chi connectivity index (χ0) is 19.2. The van der Waals surface area contributed by atoms with Gasteiger partial charge < -0.3 is 14.8 Å². The molecule has 9 heteroatoms. The van der Waals surface area contributed by atoms with Gasteiger partial charge >= 0.3 is 0 Å². The number of hydrogen-bond acceptors (Lipinski definition) is 7. The van der Waals surface area contributed by atoms with Gasteiger partial charge in [0.15, 0.2) is 11.5 Å². The molecule has 0 atom stereocenters. The van der Waals surface area contributed by atoms with Crippen LogP contribution in [0.2, 0.25) is 0 Å². The molecule has 0 aliphatic heterocycles. The van der Waals surface area contributed by atoms with E-state index in [1.807, 2.05) is 37.3 Å². The van der Waals surface area contributed by atoms with E-state index in [0.717, 1.165) is 11.3 Å². The number of rotatable bonds is 7. The molecule has 0 spiro atoms. The van der Waals surface area contributed by atoms with Gasteiger partial charge in [-0.2, -0.15) is 4.68 Å². The third kappa shape index (κ3) is 4.56. The number of ether oxygens (including phenoxy) is 2. The average Bonchev–Trinajstić information content (AvgIpc) is 3.16. The van der Waals surface area contributed by atoms with E-state index in [1.54, 1.807) is 31.0 Å². The molecule has 140 valence electrons. The Kier molecular flexibility index (Phi) is 5.92. The number of methoxy groups -OCH3 is 2. The lowest BCUT2D eigenvalue weighted by Crippen LogP contribution is -2.14. The van der Waals surface area contributed by atoms with Crippen LogP contribution in [0.25, 0.3) is 5.69 Å². The average molecular weight is 385 g/mol. The molecule has 3 aromatic rings. The third-order valence-electron chi connectivity index (χ3n) is 3.72. The molecule has 0 aliphatic carbocycles. The van der Waals surface area contributed by atoms with Gasteiger partial charge in [0.1, 0.15) is 0 Å². The molecule has 0 saturated heterocycles. The Morgan fingerprint density at radius 3 is 2.56 bits per heavy atom. The number of aryl methyl sites for hydroxylation is 1. The van der Waals surface area contributed by atoms with E-state index < -0.39 is 0 Å². The minimum absolute atomic E-state index is 0.134. The summed E-state index contributed by atoms with van der Waals surface area (Å²) in [6.45, 7) is 2.00. The number of carbonyl (C=O) groups excluding carboxylic acids is 1. The van der Waals surface area contributed by atoms with E-state index in [9.17, 15) is 4.79 Å². The lowest BCUT2D eigenvalue weighted by molar-refractivity contribution is -0.113. The van der Waals surface area contributed by atoms with Crippen molar-refractivity contribution in [1.29, 1.82) is 0 Å². The molecular formula is C18H19N5O3S. The number of benzene rings is 2. The topological polar surface area (TPSA) is 91.2 Å². The highest BCUT2D eigenvalue weighted by atomic mass is 32.2. The van der Waals surface area contributed by atoms with Crippen LogP contribution in [0.1, 0.15) is 5.56 Å². The number of hydrogen-bond donors (Lipinski definition) is 1. The van der Waals surface area contributed by atoms with Crippen LogP contribution in [0.5, 0.6) is 11.5 Å². The van der Waals surface area contributed by atoms with Gasteiger partial charge in [-0.05, 0) is 41.6 Å². The van der Waals surface area contributed by atoms with Crippen molar-refractivity contribution in [2.45, 2.75) is 12.1 Å². The first-order chi connectivity index (χ1) is 13.1. The highest BCUT2D eigenvalue weighted by molar-refractivity contribution is 7.99. The molecule has 27 heavy (non-hydrogen) atoms. The van der Waals surface area contributed by atoms with E-state index in [1.165, 1.54) is 11.8 Å². The molecule has 0 radical (unpaired) electrons. The van der Waals surface area contributed by atoms with E-state index in [0.29, 0.717) is 22.3 Å². The van der Waals surface area contributed by atoms with Crippen LogP contribution in [0.3, 0.4) is 0 Å². The fourth-order valence-corrected chi connectivity index (χ4v) is 3.04. The van der Waals surface area contributed by atoms with Gasteiger partial charge in [-0.1, -0.05) is 29.5 Å². The second kappa shape index (κ2) is 8.54. The molecule has 0 aliphatic rings. The van der Waals surface area contributed by atoms with Gasteiger partial charge in [-0.15, -0.1) is 5.10 Å². The summed E-state index contributed by atoms with van der Waals surface area (Å²) in [6, 6.07) is 13.0. The zero-order valence-corrected chi connectivity index (χ0v) is 16.0. The maximum atomic E-state index is 12.2. The van der Waals surface area contributed by atoms with Gasteiger partial charge in [0.25, 0.3) is 0 Å².